The number of hydrogen-bond donors (Lipinski definition) is 3. The van der Waals surface area contributed by atoms with E-state index in [0.717, 1.165) is 108 Å². The van der Waals surface area contributed by atoms with Crippen LogP contribution in [0, 0.1) is 17.8 Å². The predicted molar refractivity (Wildman–Crippen MR) is 405 cm³/mol. The number of carbonyl (C=O) groups excluding carboxylic acids is 4. The zero-order chi connectivity index (χ0) is 73.0. The van der Waals surface area contributed by atoms with Gasteiger partial charge in [0.1, 0.15) is 19.3 Å². The molecule has 0 aliphatic rings. The molecular formula is C80H156O17P2. The van der Waals surface area contributed by atoms with Gasteiger partial charge in [-0.2, -0.15) is 0 Å². The Balaban J connectivity index is 5.23. The molecule has 0 aromatic carbocycles. The molecule has 5 atom stereocenters. The van der Waals surface area contributed by atoms with Crippen LogP contribution in [-0.2, 0) is 65.4 Å². The average molecular weight is 1450 g/mol. The first kappa shape index (κ1) is 97.1. The molecule has 2 unspecified atom stereocenters. The first-order valence-electron chi connectivity index (χ1n) is 41.3. The summed E-state index contributed by atoms with van der Waals surface area (Å²) in [5.74, 6) is 0.143. The maximum absolute atomic E-state index is 13.1. The Morgan fingerprint density at radius 1 is 0.273 bits per heavy atom. The van der Waals surface area contributed by atoms with Crippen molar-refractivity contribution in [3.05, 3.63) is 0 Å². The Morgan fingerprint density at radius 2 is 0.465 bits per heavy atom. The molecular weight excluding hydrogens is 1290 g/mol. The zero-order valence-electron chi connectivity index (χ0n) is 65.0. The van der Waals surface area contributed by atoms with Crippen molar-refractivity contribution >= 4 is 39.5 Å². The quantitative estimate of drug-likeness (QED) is 0.0222. The Bertz CT molecular complexity index is 1920. The van der Waals surface area contributed by atoms with E-state index in [-0.39, 0.29) is 25.7 Å². The minimum absolute atomic E-state index is 0.106. The summed E-state index contributed by atoms with van der Waals surface area (Å²) in [5.41, 5.74) is 0. The molecule has 0 rings (SSSR count). The number of esters is 4. The molecule has 0 amide bonds. The van der Waals surface area contributed by atoms with Gasteiger partial charge in [-0.15, -0.1) is 0 Å². The van der Waals surface area contributed by atoms with E-state index in [4.69, 9.17) is 37.0 Å². The maximum atomic E-state index is 13.1. The van der Waals surface area contributed by atoms with Crippen molar-refractivity contribution in [3.63, 3.8) is 0 Å². The fourth-order valence-corrected chi connectivity index (χ4v) is 13.9. The highest BCUT2D eigenvalue weighted by Gasteiger charge is 2.30. The van der Waals surface area contributed by atoms with Gasteiger partial charge in [-0.25, -0.2) is 9.13 Å². The molecule has 0 radical (unpaired) electrons. The summed E-state index contributed by atoms with van der Waals surface area (Å²) >= 11 is 0. The third-order valence-electron chi connectivity index (χ3n) is 18.6. The van der Waals surface area contributed by atoms with E-state index in [1.54, 1.807) is 0 Å². The van der Waals surface area contributed by atoms with Crippen LogP contribution in [-0.4, -0.2) is 96.7 Å². The molecule has 0 aliphatic heterocycles. The second-order valence-corrected chi connectivity index (χ2v) is 33.1. The Kier molecular flexibility index (Phi) is 69.0. The largest absolute Gasteiger partial charge is 0.472 e. The number of aliphatic hydroxyl groups excluding tert-OH is 1. The maximum Gasteiger partial charge on any atom is 0.472 e. The molecule has 0 aromatic rings. The van der Waals surface area contributed by atoms with Crippen LogP contribution in [0.15, 0.2) is 0 Å². The predicted octanol–water partition coefficient (Wildman–Crippen LogP) is 23.7. The van der Waals surface area contributed by atoms with E-state index in [1.165, 1.54) is 218 Å². The number of aliphatic hydroxyl groups is 1. The minimum Gasteiger partial charge on any atom is -0.462 e. The van der Waals surface area contributed by atoms with E-state index in [2.05, 4.69) is 48.5 Å². The molecule has 0 bridgehead atoms. The van der Waals surface area contributed by atoms with Gasteiger partial charge in [0, 0.05) is 25.7 Å². The third kappa shape index (κ3) is 74.1. The number of unbranched alkanes of at least 4 members (excludes halogenated alkanes) is 46. The normalized spacial score (nSPS) is 14.0. The van der Waals surface area contributed by atoms with Gasteiger partial charge in [-0.05, 0) is 43.4 Å². The van der Waals surface area contributed by atoms with Crippen molar-refractivity contribution in [3.8, 4) is 0 Å². The number of phosphoric ester groups is 2. The number of hydrogen-bond acceptors (Lipinski definition) is 15. The Morgan fingerprint density at radius 3 is 0.687 bits per heavy atom. The molecule has 0 saturated carbocycles. The summed E-state index contributed by atoms with van der Waals surface area (Å²) in [6.07, 6.45) is 58.4. The van der Waals surface area contributed by atoms with Gasteiger partial charge in [-0.1, -0.05) is 363 Å². The molecule has 0 spiro atoms. The Hall–Kier alpha value is -1.94. The second-order valence-electron chi connectivity index (χ2n) is 30.2. The van der Waals surface area contributed by atoms with Gasteiger partial charge in [0.15, 0.2) is 12.2 Å². The smallest absolute Gasteiger partial charge is 0.462 e. The number of rotatable bonds is 78. The van der Waals surface area contributed by atoms with Crippen LogP contribution in [0.1, 0.15) is 414 Å². The highest BCUT2D eigenvalue weighted by atomic mass is 31.2. The van der Waals surface area contributed by atoms with Crippen molar-refractivity contribution in [2.75, 3.05) is 39.6 Å². The molecule has 0 aliphatic carbocycles. The molecule has 19 heteroatoms. The van der Waals surface area contributed by atoms with Crippen molar-refractivity contribution in [2.45, 2.75) is 433 Å². The lowest BCUT2D eigenvalue weighted by Crippen LogP contribution is -2.30. The van der Waals surface area contributed by atoms with Gasteiger partial charge in [0.05, 0.1) is 26.4 Å². The monoisotopic (exact) mass is 1450 g/mol. The van der Waals surface area contributed by atoms with E-state index in [1.807, 2.05) is 0 Å². The first-order valence-corrected chi connectivity index (χ1v) is 44.3. The molecule has 3 N–H and O–H groups in total. The minimum atomic E-state index is -4.96. The molecule has 0 fully saturated rings. The van der Waals surface area contributed by atoms with Crippen molar-refractivity contribution in [2.24, 2.45) is 17.8 Å². The van der Waals surface area contributed by atoms with Crippen LogP contribution in [0.25, 0.3) is 0 Å². The SMILES string of the molecule is CCCCCCCCCCCCCCCCCCCCC(=O)O[C@H](COC(=O)CCCCCCCCCCCCCCCC(C)C)COP(=O)(O)OC[C@@H](O)COP(=O)(O)OC[C@@H](COC(=O)CCCCCCCCC(C)C)OC(=O)CCCCCCCCCCCCCCCC(C)C. The summed E-state index contributed by atoms with van der Waals surface area (Å²) in [6.45, 7) is 11.9. The average Bonchev–Trinajstić information content (AvgIpc) is 0.960. The molecule has 588 valence electrons. The standard InChI is InChI=1S/C80H156O17P2/c1-8-9-10-11-12-13-14-15-16-17-18-19-24-30-35-40-49-56-63-79(84)96-75(67-90-77(82)61-54-47-39-34-29-25-20-22-27-32-37-44-51-58-71(2)3)69-94-98(86,87)92-65-74(81)66-93-99(88,89)95-70-76(68-91-78(83)62-55-48-43-42-46-53-60-73(6)7)97-80(85)64-57-50-41-36-31-26-21-23-28-33-38-45-52-59-72(4)5/h71-76,81H,8-70H2,1-7H3,(H,86,87)(H,88,89)/t74-,75-,76-/m1/s1. The lowest BCUT2D eigenvalue weighted by atomic mass is 10.0. The van der Waals surface area contributed by atoms with E-state index in [0.29, 0.717) is 31.6 Å². The number of phosphoric acid groups is 2. The molecule has 17 nitrogen and oxygen atoms in total. The van der Waals surface area contributed by atoms with E-state index >= 15 is 0 Å². The number of carbonyl (C=O) groups is 4. The summed E-state index contributed by atoms with van der Waals surface area (Å²) < 4.78 is 68.7. The zero-order valence-corrected chi connectivity index (χ0v) is 66.8. The highest BCUT2D eigenvalue weighted by Crippen LogP contribution is 2.45. The van der Waals surface area contributed by atoms with Crippen molar-refractivity contribution in [1.82, 2.24) is 0 Å². The summed E-state index contributed by atoms with van der Waals surface area (Å²) in [4.78, 5) is 73.0. The van der Waals surface area contributed by atoms with E-state index < -0.39 is 97.5 Å². The van der Waals surface area contributed by atoms with Gasteiger partial charge < -0.3 is 33.8 Å². The van der Waals surface area contributed by atoms with Crippen LogP contribution < -0.4 is 0 Å². The van der Waals surface area contributed by atoms with Crippen LogP contribution in [0.4, 0.5) is 0 Å². The molecule has 99 heavy (non-hydrogen) atoms. The molecule has 0 heterocycles. The fourth-order valence-electron chi connectivity index (χ4n) is 12.3. The third-order valence-corrected chi connectivity index (χ3v) is 20.5. The summed E-state index contributed by atoms with van der Waals surface area (Å²) in [6, 6.07) is 0. The topological polar surface area (TPSA) is 237 Å². The van der Waals surface area contributed by atoms with Gasteiger partial charge in [0.2, 0.25) is 0 Å². The first-order chi connectivity index (χ1) is 47.7. The van der Waals surface area contributed by atoms with Gasteiger partial charge in [-0.3, -0.25) is 37.3 Å². The number of ether oxygens (including phenoxy) is 4. The fraction of sp³-hybridized carbons (Fsp3) is 0.950. The van der Waals surface area contributed by atoms with Crippen molar-refractivity contribution < 1.29 is 80.2 Å². The highest BCUT2D eigenvalue weighted by molar-refractivity contribution is 7.47. The van der Waals surface area contributed by atoms with Crippen LogP contribution in [0.3, 0.4) is 0 Å². The Labute approximate surface area is 607 Å². The van der Waals surface area contributed by atoms with Crippen molar-refractivity contribution in [1.29, 1.82) is 0 Å². The second kappa shape index (κ2) is 70.4. The van der Waals surface area contributed by atoms with Crippen LogP contribution >= 0.6 is 15.6 Å². The lowest BCUT2D eigenvalue weighted by molar-refractivity contribution is -0.161. The van der Waals surface area contributed by atoms with E-state index in [9.17, 15) is 43.2 Å². The van der Waals surface area contributed by atoms with Crippen LogP contribution in [0.5, 0.6) is 0 Å². The molecule has 0 saturated heterocycles. The van der Waals surface area contributed by atoms with Gasteiger partial charge in [0.25, 0.3) is 0 Å². The summed E-state index contributed by atoms with van der Waals surface area (Å²) in [7, 11) is -9.92. The molecule has 0 aromatic heterocycles. The van der Waals surface area contributed by atoms with Gasteiger partial charge >= 0.3 is 39.5 Å². The lowest BCUT2D eigenvalue weighted by Gasteiger charge is -2.21. The summed E-state index contributed by atoms with van der Waals surface area (Å²) in [5, 5.41) is 10.6. The van der Waals surface area contributed by atoms with Crippen LogP contribution in [0.2, 0.25) is 0 Å².